The summed E-state index contributed by atoms with van der Waals surface area (Å²) in [5.41, 5.74) is -0.938. The molecule has 2 aliphatic heterocycles. The lowest BCUT2D eigenvalue weighted by Crippen LogP contribution is -2.37. The highest BCUT2D eigenvalue weighted by Crippen LogP contribution is 2.56. The molecule has 7 rings (SSSR count). The number of aryl methyl sites for hydroxylation is 2. The number of ether oxygens (including phenoxy) is 1. The fraction of sp³-hybridized carbons (Fsp3) is 0.545. The Morgan fingerprint density at radius 2 is 1.49 bits per heavy atom. The number of fused-ring (bicyclic) bond motifs is 5. The van der Waals surface area contributed by atoms with Gasteiger partial charge in [-0.3, -0.25) is 23.2 Å². The first-order chi connectivity index (χ1) is 21.2. The van der Waals surface area contributed by atoms with Gasteiger partial charge in [-0.2, -0.15) is 0 Å². The molecule has 23 heteroatoms. The van der Waals surface area contributed by atoms with Gasteiger partial charge >= 0.3 is 14.5 Å². The molecule has 1 saturated carbocycles. The fourth-order valence-electron chi connectivity index (χ4n) is 5.76. The summed E-state index contributed by atoms with van der Waals surface area (Å²) in [6.45, 7) is -4.92. The van der Waals surface area contributed by atoms with Crippen LogP contribution in [0.15, 0.2) is 34.9 Å². The smallest absolute Gasteiger partial charge is 0.388 e. The molecule has 4 aromatic heterocycles. The van der Waals surface area contributed by atoms with Gasteiger partial charge in [-0.15, -0.1) is 0 Å². The Kier molecular flexibility index (Phi) is 7.45. The highest BCUT2D eigenvalue weighted by molar-refractivity contribution is 8.07. The minimum atomic E-state index is -5.15. The normalized spacial score (nSPS) is 37.5. The van der Waals surface area contributed by atoms with E-state index in [9.17, 15) is 29.0 Å². The summed E-state index contributed by atoms with van der Waals surface area (Å²) in [6.07, 6.45) is -6.94. The van der Waals surface area contributed by atoms with Gasteiger partial charge in [0.05, 0.1) is 38.0 Å². The Bertz CT molecular complexity index is 2040. The van der Waals surface area contributed by atoms with Crippen molar-refractivity contribution in [3.63, 3.8) is 0 Å². The summed E-state index contributed by atoms with van der Waals surface area (Å²) >= 11 is 5.21. The number of phosphoric acid groups is 1. The number of aromatic nitrogens is 8. The maximum atomic E-state index is 16.0. The highest BCUT2D eigenvalue weighted by atomic mass is 32.5. The van der Waals surface area contributed by atoms with Crippen LogP contribution in [0.4, 0.5) is 4.39 Å². The van der Waals surface area contributed by atoms with Crippen LogP contribution < -0.4 is 11.1 Å². The molecule has 6 heterocycles. The van der Waals surface area contributed by atoms with Crippen LogP contribution in [-0.2, 0) is 53.3 Å². The lowest BCUT2D eigenvalue weighted by molar-refractivity contribution is -0.0611. The number of hydrogen-bond donors (Lipinski definition) is 3. The Morgan fingerprint density at radius 3 is 2.13 bits per heavy atom. The molecule has 19 nitrogen and oxygen atoms in total. The standard InChI is InChI=1S/C22H25FN8O11P2S/c1-28-5-26-18-13(20(28)33)24-7-30(18)9-3-10-15(32)16(9)42-44(37,45)38-4-11-17(41-43(35,36)40-10)12(23)22(39-11)31-8-25-14-19(31)27-6-29(2)21(14)34/h5-12,15-17,22,32H,3-4H2,1-2H3,(H,35,36)(H,37,45)/t9-,10+,11-,12-,15+,16+,17-,22-,44?/m1/s1. The minimum absolute atomic E-state index is 0.00104. The third kappa shape index (κ3) is 5.21. The second-order valence-corrected chi connectivity index (χ2v) is 14.9. The van der Waals surface area contributed by atoms with Gasteiger partial charge in [0, 0.05) is 20.5 Å². The van der Waals surface area contributed by atoms with E-state index >= 15 is 4.39 Å². The van der Waals surface area contributed by atoms with Gasteiger partial charge in [-0.25, -0.2) is 28.9 Å². The third-order valence-corrected chi connectivity index (χ3v) is 10.5. The van der Waals surface area contributed by atoms with Crippen molar-refractivity contribution < 1.29 is 46.7 Å². The molecule has 2 unspecified atom stereocenters. The maximum Gasteiger partial charge on any atom is 0.473 e. The first-order valence-corrected chi connectivity index (χ1v) is 17.4. The van der Waals surface area contributed by atoms with Crippen molar-refractivity contribution in [3.05, 3.63) is 46.0 Å². The zero-order valence-corrected chi connectivity index (χ0v) is 25.8. The Hall–Kier alpha value is -2.81. The van der Waals surface area contributed by atoms with E-state index in [4.69, 9.17) is 34.6 Å². The van der Waals surface area contributed by atoms with Gasteiger partial charge in [-0.1, -0.05) is 0 Å². The van der Waals surface area contributed by atoms with E-state index in [1.54, 1.807) is 0 Å². The molecule has 242 valence electrons. The van der Waals surface area contributed by atoms with Crippen molar-refractivity contribution in [2.24, 2.45) is 14.1 Å². The number of phosphoric ester groups is 1. The monoisotopic (exact) mass is 690 g/mol. The number of hydrogen-bond acceptors (Lipinski definition) is 14. The molecule has 0 spiro atoms. The van der Waals surface area contributed by atoms with E-state index in [0.29, 0.717) is 0 Å². The number of aliphatic hydroxyl groups excluding tert-OH is 1. The summed E-state index contributed by atoms with van der Waals surface area (Å²) in [5, 5.41) is 11.1. The van der Waals surface area contributed by atoms with E-state index in [0.717, 1.165) is 10.9 Å². The van der Waals surface area contributed by atoms with E-state index in [1.807, 2.05) is 0 Å². The first-order valence-electron chi connectivity index (χ1n) is 13.3. The van der Waals surface area contributed by atoms with Crippen LogP contribution in [-0.4, -0.2) is 96.4 Å². The molecule has 2 saturated heterocycles. The van der Waals surface area contributed by atoms with Crippen LogP contribution in [0.2, 0.25) is 0 Å². The molecule has 10 atom stereocenters. The summed E-state index contributed by atoms with van der Waals surface area (Å²) in [5.74, 6) is 0. The molecule has 3 N–H and O–H groups in total. The van der Waals surface area contributed by atoms with Gasteiger partial charge in [0.2, 0.25) is 0 Å². The second kappa shape index (κ2) is 10.9. The second-order valence-electron chi connectivity index (χ2n) is 10.8. The summed E-state index contributed by atoms with van der Waals surface area (Å²) < 4.78 is 61.8. The summed E-state index contributed by atoms with van der Waals surface area (Å²) in [4.78, 5) is 63.2. The van der Waals surface area contributed by atoms with Crippen LogP contribution in [0.1, 0.15) is 18.7 Å². The largest absolute Gasteiger partial charge is 0.473 e. The molecule has 0 amide bonds. The number of halogens is 1. The van der Waals surface area contributed by atoms with Crippen molar-refractivity contribution in [2.75, 3.05) is 6.61 Å². The third-order valence-electron chi connectivity index (χ3n) is 7.94. The Morgan fingerprint density at radius 1 is 0.889 bits per heavy atom. The first kappa shape index (κ1) is 30.8. The molecule has 0 radical (unpaired) electrons. The number of rotatable bonds is 2. The number of alkyl halides is 1. The van der Waals surface area contributed by atoms with Crippen molar-refractivity contribution >= 4 is 48.7 Å². The van der Waals surface area contributed by atoms with Crippen LogP contribution in [0, 0.1) is 0 Å². The molecule has 0 aromatic carbocycles. The highest BCUT2D eigenvalue weighted by Gasteiger charge is 2.55. The zero-order chi connectivity index (χ0) is 32.0. The van der Waals surface area contributed by atoms with Crippen molar-refractivity contribution in [1.82, 2.24) is 38.2 Å². The van der Waals surface area contributed by atoms with Gasteiger partial charge in [0.15, 0.2) is 34.7 Å². The Balaban J connectivity index is 1.22. The van der Waals surface area contributed by atoms with Crippen LogP contribution in [0.3, 0.4) is 0 Å². The van der Waals surface area contributed by atoms with Crippen molar-refractivity contribution in [1.29, 1.82) is 0 Å². The van der Waals surface area contributed by atoms with Crippen molar-refractivity contribution in [3.8, 4) is 0 Å². The summed E-state index contributed by atoms with van der Waals surface area (Å²) in [7, 11) is -2.20. The van der Waals surface area contributed by atoms with Gasteiger partial charge in [0.1, 0.15) is 30.5 Å². The topological polar surface area (TPSA) is 229 Å². The van der Waals surface area contributed by atoms with Gasteiger partial charge < -0.3 is 42.4 Å². The van der Waals surface area contributed by atoms with Crippen LogP contribution >= 0.6 is 14.5 Å². The molecule has 45 heavy (non-hydrogen) atoms. The van der Waals surface area contributed by atoms with Gasteiger partial charge in [0.25, 0.3) is 11.1 Å². The molecule has 2 bridgehead atoms. The van der Waals surface area contributed by atoms with Crippen LogP contribution in [0.5, 0.6) is 0 Å². The molecular weight excluding hydrogens is 665 g/mol. The lowest BCUT2D eigenvalue weighted by Gasteiger charge is -2.30. The number of imidazole rings is 2. The predicted octanol–water partition coefficient (Wildman–Crippen LogP) is -0.682. The molecule has 4 aromatic rings. The minimum Gasteiger partial charge on any atom is -0.388 e. The number of aliphatic hydroxyl groups is 1. The predicted molar refractivity (Wildman–Crippen MR) is 151 cm³/mol. The average molecular weight is 691 g/mol. The van der Waals surface area contributed by atoms with E-state index < -0.39 is 81.2 Å². The zero-order valence-electron chi connectivity index (χ0n) is 23.2. The molecule has 1 aliphatic carbocycles. The SMILES string of the molecule is Cn1cnc2c(ncn2[C@@H]2C[C@@H]3OP(=O)(O)O[C@H]4[C@@H](F)[C@H](n5cnc6c(=O)n(C)cnc65)O[C@@H]4COP(O)(=S)O[C@@H]2[C@H]3O)c1=O. The van der Waals surface area contributed by atoms with E-state index in [2.05, 4.69) is 19.9 Å². The molecule has 3 fully saturated rings. The molecular formula is C22H25FN8O11P2S. The summed E-state index contributed by atoms with van der Waals surface area (Å²) in [6, 6.07) is -0.975. The fourth-order valence-corrected chi connectivity index (χ4v) is 8.37. The lowest BCUT2D eigenvalue weighted by atomic mass is 10.1. The van der Waals surface area contributed by atoms with Crippen LogP contribution in [0.25, 0.3) is 22.3 Å². The number of nitrogens with zero attached hydrogens (tertiary/aromatic N) is 8. The Labute approximate surface area is 255 Å². The van der Waals surface area contributed by atoms with E-state index in [1.165, 1.54) is 46.8 Å². The van der Waals surface area contributed by atoms with E-state index in [-0.39, 0.29) is 28.7 Å². The van der Waals surface area contributed by atoms with Gasteiger partial charge in [-0.05, 0) is 11.8 Å². The van der Waals surface area contributed by atoms with Crippen molar-refractivity contribution in [2.45, 2.75) is 55.4 Å². The maximum absolute atomic E-state index is 16.0. The average Bonchev–Trinajstić information content (AvgIpc) is 3.73. The quantitative estimate of drug-likeness (QED) is 0.221. The molecule has 3 aliphatic rings.